The summed E-state index contributed by atoms with van der Waals surface area (Å²) in [6, 6.07) is 53.1. The van der Waals surface area contributed by atoms with Gasteiger partial charge in [0.25, 0.3) is 0 Å². The molecule has 4 heteroatoms. The van der Waals surface area contributed by atoms with E-state index in [1.165, 1.54) is 33.2 Å². The third-order valence-corrected chi connectivity index (χ3v) is 10.3. The first-order valence-electron chi connectivity index (χ1n) is 17.0. The summed E-state index contributed by atoms with van der Waals surface area (Å²) in [7, 11) is 0. The van der Waals surface area contributed by atoms with Crippen molar-refractivity contribution in [3.8, 4) is 56.4 Å². The van der Waals surface area contributed by atoms with Gasteiger partial charge in [0.05, 0.1) is 0 Å². The normalized spacial score (nSPS) is 13.2. The molecule has 0 spiro atoms. The number of para-hydroxylation sites is 1. The van der Waals surface area contributed by atoms with Crippen LogP contribution in [0.1, 0.15) is 25.0 Å². The predicted molar refractivity (Wildman–Crippen MR) is 204 cm³/mol. The van der Waals surface area contributed by atoms with Gasteiger partial charge in [0.15, 0.2) is 17.5 Å². The van der Waals surface area contributed by atoms with Crippen molar-refractivity contribution in [1.82, 2.24) is 15.0 Å². The number of rotatable bonds is 4. The molecule has 0 fully saturated rings. The molecule has 2 heterocycles. The number of fused-ring (bicyclic) bond motifs is 8. The number of hydrogen-bond donors (Lipinski definition) is 0. The minimum absolute atomic E-state index is 0.167. The highest BCUT2D eigenvalue weighted by atomic mass is 16.3. The predicted octanol–water partition coefficient (Wildman–Crippen LogP) is 11.9. The van der Waals surface area contributed by atoms with Crippen molar-refractivity contribution in [3.05, 3.63) is 163 Å². The molecule has 0 radical (unpaired) electrons. The van der Waals surface area contributed by atoms with Gasteiger partial charge in [0.1, 0.15) is 11.2 Å². The summed E-state index contributed by atoms with van der Waals surface area (Å²) in [6.07, 6.45) is 0. The van der Waals surface area contributed by atoms with E-state index in [2.05, 4.69) is 117 Å². The smallest absolute Gasteiger partial charge is 0.164 e. The van der Waals surface area contributed by atoms with E-state index in [0.29, 0.717) is 17.5 Å². The standard InChI is InChI=1S/C46H31N3O/c1-46(2)39-19-11-9-17-32(39)37-27-38(35-25-30(21-23-34(35)42(37)46)28-13-5-3-6-14-28)45-48-43(29-15-7-4-8-16-29)47-44(49-45)31-22-24-41-36(26-31)33-18-10-12-20-40(33)50-41/h3-27H,1-2H3. The summed E-state index contributed by atoms with van der Waals surface area (Å²) in [5, 5.41) is 4.45. The van der Waals surface area contributed by atoms with Crippen molar-refractivity contribution in [2.24, 2.45) is 0 Å². The van der Waals surface area contributed by atoms with Crippen molar-refractivity contribution in [2.75, 3.05) is 0 Å². The van der Waals surface area contributed by atoms with Crippen molar-refractivity contribution < 1.29 is 4.42 Å². The van der Waals surface area contributed by atoms with Gasteiger partial charge in [-0.2, -0.15) is 0 Å². The molecule has 7 aromatic carbocycles. The Morgan fingerprint density at radius 3 is 1.84 bits per heavy atom. The van der Waals surface area contributed by atoms with Crippen LogP contribution in [0.4, 0.5) is 0 Å². The van der Waals surface area contributed by atoms with Gasteiger partial charge in [-0.15, -0.1) is 0 Å². The molecule has 0 aliphatic heterocycles. The zero-order valence-corrected chi connectivity index (χ0v) is 27.7. The number of nitrogens with zero attached hydrogens (tertiary/aromatic N) is 3. The van der Waals surface area contributed by atoms with Crippen molar-refractivity contribution >= 4 is 32.7 Å². The first kappa shape index (κ1) is 28.6. The van der Waals surface area contributed by atoms with Crippen LogP contribution in [0.3, 0.4) is 0 Å². The SMILES string of the molecule is CC1(C)c2ccccc2-c2cc(-c3nc(-c4ccccc4)nc(-c4ccc5oc6ccccc6c5c4)n3)c3cc(-c4ccccc4)ccc3c21. The van der Waals surface area contributed by atoms with Gasteiger partial charge < -0.3 is 4.42 Å². The van der Waals surface area contributed by atoms with E-state index < -0.39 is 0 Å². The minimum atomic E-state index is -0.167. The summed E-state index contributed by atoms with van der Waals surface area (Å²) in [6.45, 7) is 4.68. The van der Waals surface area contributed by atoms with E-state index in [1.807, 2.05) is 48.5 Å². The number of hydrogen-bond acceptors (Lipinski definition) is 4. The first-order valence-corrected chi connectivity index (χ1v) is 17.0. The lowest BCUT2D eigenvalue weighted by Crippen LogP contribution is -2.15. The Bertz CT molecular complexity index is 2780. The Morgan fingerprint density at radius 1 is 0.400 bits per heavy atom. The molecule has 0 N–H and O–H groups in total. The van der Waals surface area contributed by atoms with Gasteiger partial charge in [0, 0.05) is 32.9 Å². The fourth-order valence-corrected chi connectivity index (χ4v) is 7.91. The number of aromatic nitrogens is 3. The molecule has 0 bridgehead atoms. The maximum Gasteiger partial charge on any atom is 0.164 e. The molecular weight excluding hydrogens is 611 g/mol. The minimum Gasteiger partial charge on any atom is -0.456 e. The number of furan rings is 1. The summed E-state index contributed by atoms with van der Waals surface area (Å²) >= 11 is 0. The van der Waals surface area contributed by atoms with Gasteiger partial charge in [-0.05, 0) is 80.6 Å². The summed E-state index contributed by atoms with van der Waals surface area (Å²) in [5.74, 6) is 1.90. The molecule has 50 heavy (non-hydrogen) atoms. The zero-order valence-electron chi connectivity index (χ0n) is 27.7. The largest absolute Gasteiger partial charge is 0.456 e. The molecule has 10 rings (SSSR count). The van der Waals surface area contributed by atoms with E-state index in [9.17, 15) is 0 Å². The quantitative estimate of drug-likeness (QED) is 0.192. The Labute approximate surface area is 289 Å². The second-order valence-corrected chi connectivity index (χ2v) is 13.6. The lowest BCUT2D eigenvalue weighted by atomic mass is 9.79. The van der Waals surface area contributed by atoms with Crippen LogP contribution in [0, 0.1) is 0 Å². The molecule has 0 unspecified atom stereocenters. The lowest BCUT2D eigenvalue weighted by Gasteiger charge is -2.24. The Balaban J connectivity index is 1.27. The second kappa shape index (κ2) is 10.8. The molecule has 9 aromatic rings. The highest BCUT2D eigenvalue weighted by molar-refractivity contribution is 6.07. The molecule has 0 amide bonds. The molecule has 4 nitrogen and oxygen atoms in total. The topological polar surface area (TPSA) is 51.8 Å². The Hall–Kier alpha value is -6.39. The maximum absolute atomic E-state index is 6.16. The summed E-state index contributed by atoms with van der Waals surface area (Å²) < 4.78 is 6.16. The van der Waals surface area contributed by atoms with Crippen LogP contribution in [0.15, 0.2) is 156 Å². The number of benzene rings is 7. The van der Waals surface area contributed by atoms with E-state index in [1.54, 1.807) is 0 Å². The van der Waals surface area contributed by atoms with Crippen LogP contribution in [0.5, 0.6) is 0 Å². The Morgan fingerprint density at radius 2 is 1.02 bits per heavy atom. The molecule has 236 valence electrons. The van der Waals surface area contributed by atoms with Gasteiger partial charge in [-0.1, -0.05) is 129 Å². The highest BCUT2D eigenvalue weighted by Gasteiger charge is 2.37. The van der Waals surface area contributed by atoms with Crippen molar-refractivity contribution in [1.29, 1.82) is 0 Å². The lowest BCUT2D eigenvalue weighted by molar-refractivity contribution is 0.666. The Kier molecular flexibility index (Phi) is 6.19. The van der Waals surface area contributed by atoms with Crippen LogP contribution in [0.2, 0.25) is 0 Å². The van der Waals surface area contributed by atoms with Gasteiger partial charge in [0.2, 0.25) is 0 Å². The first-order chi connectivity index (χ1) is 24.5. The molecular formula is C46H31N3O. The fraction of sp³-hybridized carbons (Fsp3) is 0.0652. The monoisotopic (exact) mass is 641 g/mol. The summed E-state index contributed by atoms with van der Waals surface area (Å²) in [4.78, 5) is 15.6. The third-order valence-electron chi connectivity index (χ3n) is 10.3. The van der Waals surface area contributed by atoms with Gasteiger partial charge in [-0.3, -0.25) is 0 Å². The molecule has 0 atom stereocenters. The average molecular weight is 642 g/mol. The van der Waals surface area contributed by atoms with Crippen LogP contribution in [-0.2, 0) is 5.41 Å². The van der Waals surface area contributed by atoms with Crippen LogP contribution in [-0.4, -0.2) is 15.0 Å². The average Bonchev–Trinajstić information content (AvgIpc) is 3.66. The van der Waals surface area contributed by atoms with E-state index in [0.717, 1.165) is 49.6 Å². The zero-order chi connectivity index (χ0) is 33.4. The highest BCUT2D eigenvalue weighted by Crippen LogP contribution is 2.53. The second-order valence-electron chi connectivity index (χ2n) is 13.6. The third kappa shape index (κ3) is 4.35. The fourth-order valence-electron chi connectivity index (χ4n) is 7.91. The molecule has 1 aliphatic carbocycles. The van der Waals surface area contributed by atoms with Crippen molar-refractivity contribution in [3.63, 3.8) is 0 Å². The van der Waals surface area contributed by atoms with Gasteiger partial charge in [-0.25, -0.2) is 15.0 Å². The van der Waals surface area contributed by atoms with E-state index in [-0.39, 0.29) is 5.41 Å². The van der Waals surface area contributed by atoms with E-state index >= 15 is 0 Å². The van der Waals surface area contributed by atoms with Crippen molar-refractivity contribution in [2.45, 2.75) is 19.3 Å². The van der Waals surface area contributed by atoms with E-state index in [4.69, 9.17) is 19.4 Å². The van der Waals surface area contributed by atoms with Gasteiger partial charge >= 0.3 is 0 Å². The summed E-state index contributed by atoms with van der Waals surface area (Å²) in [5.41, 5.74) is 11.9. The molecule has 0 saturated heterocycles. The van der Waals surface area contributed by atoms with Crippen LogP contribution < -0.4 is 0 Å². The van der Waals surface area contributed by atoms with Crippen LogP contribution in [0.25, 0.3) is 89.1 Å². The maximum atomic E-state index is 6.16. The van der Waals surface area contributed by atoms with Crippen LogP contribution >= 0.6 is 0 Å². The molecule has 1 aliphatic rings. The molecule has 2 aromatic heterocycles. The molecule has 0 saturated carbocycles.